The second kappa shape index (κ2) is 7.40. The zero-order chi connectivity index (χ0) is 15.2. The van der Waals surface area contributed by atoms with E-state index in [0.717, 1.165) is 19.6 Å². The molecule has 0 unspecified atom stereocenters. The summed E-state index contributed by atoms with van der Waals surface area (Å²) in [7, 11) is 0. The van der Waals surface area contributed by atoms with Crippen molar-refractivity contribution < 1.29 is 9.59 Å². The monoisotopic (exact) mass is 310 g/mol. The molecule has 6 nitrogen and oxygen atoms in total. The third-order valence-electron chi connectivity index (χ3n) is 3.40. The number of carbonyl (C=O) groups is 2. The molecule has 0 bridgehead atoms. The Hall–Kier alpha value is -1.63. The molecule has 0 saturated carbocycles. The molecule has 7 heteroatoms. The second-order valence-electron chi connectivity index (χ2n) is 4.88. The summed E-state index contributed by atoms with van der Waals surface area (Å²) in [5.41, 5.74) is 6.06. The second-order valence-corrected chi connectivity index (χ2v) is 5.32. The summed E-state index contributed by atoms with van der Waals surface area (Å²) in [6.45, 7) is 4.01. The Balaban J connectivity index is 1.85. The van der Waals surface area contributed by atoms with E-state index in [1.54, 1.807) is 29.2 Å². The Bertz CT molecular complexity index is 498. The normalized spacial score (nSPS) is 15.8. The number of piperazine rings is 1. The molecule has 2 amide bonds. The van der Waals surface area contributed by atoms with Gasteiger partial charge in [0.15, 0.2) is 0 Å². The lowest BCUT2D eigenvalue weighted by atomic mass is 10.3. The quantitative estimate of drug-likeness (QED) is 0.791. The molecular formula is C14H19ClN4O2. The average molecular weight is 311 g/mol. The number of amides is 2. The first kappa shape index (κ1) is 15.8. The standard InChI is InChI=1S/C14H19ClN4O2/c15-11-1-3-12(4-2-11)17-13(20)14(21)19-9-7-18(6-5-16)8-10-19/h1-4H,5-10,16H2,(H,17,20). The van der Waals surface area contributed by atoms with Crippen molar-refractivity contribution in [3.05, 3.63) is 29.3 Å². The van der Waals surface area contributed by atoms with Crippen LogP contribution < -0.4 is 11.1 Å². The molecule has 0 radical (unpaired) electrons. The zero-order valence-electron chi connectivity index (χ0n) is 11.7. The summed E-state index contributed by atoms with van der Waals surface area (Å²) >= 11 is 5.77. The fourth-order valence-corrected chi connectivity index (χ4v) is 2.34. The Kier molecular flexibility index (Phi) is 5.55. The van der Waals surface area contributed by atoms with Crippen LogP contribution in [0.15, 0.2) is 24.3 Å². The first-order chi connectivity index (χ1) is 10.1. The first-order valence-corrected chi connectivity index (χ1v) is 7.26. The fourth-order valence-electron chi connectivity index (χ4n) is 2.22. The van der Waals surface area contributed by atoms with Gasteiger partial charge in [-0.05, 0) is 24.3 Å². The molecule has 0 spiro atoms. The molecule has 1 fully saturated rings. The van der Waals surface area contributed by atoms with Crippen molar-refractivity contribution in [3.63, 3.8) is 0 Å². The van der Waals surface area contributed by atoms with Gasteiger partial charge in [-0.25, -0.2) is 0 Å². The van der Waals surface area contributed by atoms with Gasteiger partial charge in [-0.3, -0.25) is 14.5 Å². The molecule has 1 aliphatic rings. The van der Waals surface area contributed by atoms with Crippen molar-refractivity contribution in [3.8, 4) is 0 Å². The van der Waals surface area contributed by atoms with Crippen LogP contribution in [0.4, 0.5) is 5.69 Å². The van der Waals surface area contributed by atoms with Crippen molar-refractivity contribution in [2.24, 2.45) is 5.73 Å². The van der Waals surface area contributed by atoms with Crippen LogP contribution in [0.25, 0.3) is 0 Å². The predicted octanol–water partition coefficient (Wildman–Crippen LogP) is 0.381. The summed E-state index contributed by atoms with van der Waals surface area (Å²) in [6.07, 6.45) is 0. The van der Waals surface area contributed by atoms with E-state index >= 15 is 0 Å². The number of nitrogens with two attached hydrogens (primary N) is 1. The molecule has 1 aliphatic heterocycles. The van der Waals surface area contributed by atoms with Crippen LogP contribution in [0.1, 0.15) is 0 Å². The molecule has 1 saturated heterocycles. The molecule has 0 aromatic heterocycles. The lowest BCUT2D eigenvalue weighted by molar-refractivity contribution is -0.144. The van der Waals surface area contributed by atoms with Gasteiger partial charge in [0, 0.05) is 50.0 Å². The molecule has 21 heavy (non-hydrogen) atoms. The Morgan fingerprint density at radius 2 is 1.76 bits per heavy atom. The van der Waals surface area contributed by atoms with Gasteiger partial charge >= 0.3 is 11.8 Å². The highest BCUT2D eigenvalue weighted by atomic mass is 35.5. The van der Waals surface area contributed by atoms with E-state index in [-0.39, 0.29) is 0 Å². The first-order valence-electron chi connectivity index (χ1n) is 6.88. The van der Waals surface area contributed by atoms with E-state index in [1.165, 1.54) is 0 Å². The summed E-state index contributed by atoms with van der Waals surface area (Å²) in [5, 5.41) is 3.16. The average Bonchev–Trinajstić information content (AvgIpc) is 2.50. The maximum Gasteiger partial charge on any atom is 0.313 e. The van der Waals surface area contributed by atoms with Crippen LogP contribution in [0, 0.1) is 0 Å². The molecule has 0 aliphatic carbocycles. The smallest absolute Gasteiger partial charge is 0.313 e. The largest absolute Gasteiger partial charge is 0.332 e. The number of rotatable bonds is 3. The highest BCUT2D eigenvalue weighted by Gasteiger charge is 2.25. The molecule has 1 heterocycles. The molecule has 114 valence electrons. The SMILES string of the molecule is NCCN1CCN(C(=O)C(=O)Nc2ccc(Cl)cc2)CC1. The van der Waals surface area contributed by atoms with Crippen molar-refractivity contribution in [2.45, 2.75) is 0 Å². The topological polar surface area (TPSA) is 78.7 Å². The summed E-state index contributed by atoms with van der Waals surface area (Å²) in [6, 6.07) is 6.64. The van der Waals surface area contributed by atoms with Crippen molar-refractivity contribution in [1.82, 2.24) is 9.80 Å². The number of nitrogens with zero attached hydrogens (tertiary/aromatic N) is 2. The van der Waals surface area contributed by atoms with E-state index < -0.39 is 11.8 Å². The van der Waals surface area contributed by atoms with E-state index in [9.17, 15) is 9.59 Å². The minimum atomic E-state index is -0.621. The molecule has 3 N–H and O–H groups in total. The van der Waals surface area contributed by atoms with E-state index in [2.05, 4.69) is 10.2 Å². The van der Waals surface area contributed by atoms with Crippen LogP contribution in [-0.4, -0.2) is 60.9 Å². The zero-order valence-corrected chi connectivity index (χ0v) is 12.5. The summed E-state index contributed by atoms with van der Waals surface area (Å²) in [4.78, 5) is 27.8. The van der Waals surface area contributed by atoms with Gasteiger partial charge in [-0.15, -0.1) is 0 Å². The number of halogens is 1. The number of anilines is 1. The summed E-state index contributed by atoms with van der Waals surface area (Å²) in [5.74, 6) is -1.12. The number of carbonyl (C=O) groups excluding carboxylic acids is 2. The Morgan fingerprint density at radius 3 is 2.33 bits per heavy atom. The third kappa shape index (κ3) is 4.42. The van der Waals surface area contributed by atoms with Gasteiger partial charge in [-0.1, -0.05) is 11.6 Å². The van der Waals surface area contributed by atoms with Crippen LogP contribution in [0.3, 0.4) is 0 Å². The molecule has 0 atom stereocenters. The van der Waals surface area contributed by atoms with Crippen molar-refractivity contribution >= 4 is 29.1 Å². The minimum absolute atomic E-state index is 0.502. The summed E-state index contributed by atoms with van der Waals surface area (Å²) < 4.78 is 0. The van der Waals surface area contributed by atoms with Gasteiger partial charge < -0.3 is 16.0 Å². The van der Waals surface area contributed by atoms with Gasteiger partial charge in [0.05, 0.1) is 0 Å². The minimum Gasteiger partial charge on any atom is -0.332 e. The number of benzene rings is 1. The van der Waals surface area contributed by atoms with Gasteiger partial charge in [0.25, 0.3) is 0 Å². The maximum absolute atomic E-state index is 12.1. The highest BCUT2D eigenvalue weighted by molar-refractivity contribution is 6.39. The van der Waals surface area contributed by atoms with E-state index in [4.69, 9.17) is 17.3 Å². The van der Waals surface area contributed by atoms with Gasteiger partial charge in [-0.2, -0.15) is 0 Å². The van der Waals surface area contributed by atoms with Gasteiger partial charge in [0.2, 0.25) is 0 Å². The molecule has 1 aromatic rings. The highest BCUT2D eigenvalue weighted by Crippen LogP contribution is 2.13. The van der Waals surface area contributed by atoms with Crippen LogP contribution in [0.5, 0.6) is 0 Å². The maximum atomic E-state index is 12.1. The number of hydrogen-bond acceptors (Lipinski definition) is 4. The van der Waals surface area contributed by atoms with Crippen molar-refractivity contribution in [2.75, 3.05) is 44.6 Å². The van der Waals surface area contributed by atoms with Crippen LogP contribution >= 0.6 is 11.6 Å². The van der Waals surface area contributed by atoms with Crippen molar-refractivity contribution in [1.29, 1.82) is 0 Å². The number of hydrogen-bond donors (Lipinski definition) is 2. The Morgan fingerprint density at radius 1 is 1.14 bits per heavy atom. The molecular weight excluding hydrogens is 292 g/mol. The lowest BCUT2D eigenvalue weighted by Gasteiger charge is -2.34. The third-order valence-corrected chi connectivity index (χ3v) is 3.65. The fraction of sp³-hybridized carbons (Fsp3) is 0.429. The molecule has 2 rings (SSSR count). The van der Waals surface area contributed by atoms with Crippen LogP contribution in [-0.2, 0) is 9.59 Å². The van der Waals surface area contributed by atoms with E-state index in [0.29, 0.717) is 30.3 Å². The Labute approximate surface area is 128 Å². The van der Waals surface area contributed by atoms with Crippen LogP contribution in [0.2, 0.25) is 5.02 Å². The number of nitrogens with one attached hydrogen (secondary N) is 1. The predicted molar refractivity (Wildman–Crippen MR) is 82.2 cm³/mol. The molecule has 1 aromatic carbocycles. The van der Waals surface area contributed by atoms with E-state index in [1.807, 2.05) is 0 Å². The van der Waals surface area contributed by atoms with Gasteiger partial charge in [0.1, 0.15) is 0 Å². The lowest BCUT2D eigenvalue weighted by Crippen LogP contribution is -2.52.